The van der Waals surface area contributed by atoms with Gasteiger partial charge in [-0.05, 0) is 24.3 Å². The molecule has 1 aromatic heterocycles. The lowest BCUT2D eigenvalue weighted by Crippen LogP contribution is -2.23. The number of sulfonamides is 1. The van der Waals surface area contributed by atoms with E-state index in [4.69, 9.17) is 0 Å². The third kappa shape index (κ3) is 3.75. The van der Waals surface area contributed by atoms with Crippen LogP contribution in [-0.2, 0) is 16.6 Å². The minimum Gasteiger partial charge on any atom is -0.379 e. The van der Waals surface area contributed by atoms with Crippen LogP contribution >= 0.6 is 0 Å². The molecule has 0 saturated carbocycles. The van der Waals surface area contributed by atoms with Crippen LogP contribution in [0.4, 0.5) is 5.69 Å². The molecule has 0 spiro atoms. The first-order chi connectivity index (χ1) is 9.62. The van der Waals surface area contributed by atoms with Crippen molar-refractivity contribution in [2.24, 2.45) is 0 Å². The summed E-state index contributed by atoms with van der Waals surface area (Å²) in [5.74, 6) is 0. The number of benzene rings is 1. The molecular weight excluding hydrogens is 276 g/mol. The fourth-order valence-electron chi connectivity index (χ4n) is 1.64. The van der Waals surface area contributed by atoms with Crippen LogP contribution in [0.1, 0.15) is 12.6 Å². The standard InChI is InChI=1S/C13H16N4O2S/c1-2-17-20(18,19)13-5-3-11(4-6-13)16-10-12-9-14-7-8-15-12/h3-9,16-17H,2,10H2,1H3. The van der Waals surface area contributed by atoms with Crippen molar-refractivity contribution < 1.29 is 8.42 Å². The molecule has 20 heavy (non-hydrogen) atoms. The van der Waals surface area contributed by atoms with Crippen LogP contribution in [0.25, 0.3) is 0 Å². The van der Waals surface area contributed by atoms with E-state index in [-0.39, 0.29) is 4.90 Å². The minimum absolute atomic E-state index is 0.254. The average Bonchev–Trinajstić information content (AvgIpc) is 2.47. The quantitative estimate of drug-likeness (QED) is 0.840. The molecule has 0 bridgehead atoms. The minimum atomic E-state index is -3.39. The lowest BCUT2D eigenvalue weighted by atomic mass is 10.3. The maximum absolute atomic E-state index is 11.8. The fourth-order valence-corrected chi connectivity index (χ4v) is 2.68. The van der Waals surface area contributed by atoms with Gasteiger partial charge < -0.3 is 5.32 Å². The van der Waals surface area contributed by atoms with Crippen LogP contribution < -0.4 is 10.0 Å². The van der Waals surface area contributed by atoms with Gasteiger partial charge >= 0.3 is 0 Å². The van der Waals surface area contributed by atoms with Crippen LogP contribution in [0.5, 0.6) is 0 Å². The van der Waals surface area contributed by atoms with Gasteiger partial charge in [0.2, 0.25) is 10.0 Å². The highest BCUT2D eigenvalue weighted by molar-refractivity contribution is 7.89. The van der Waals surface area contributed by atoms with E-state index >= 15 is 0 Å². The molecule has 6 nitrogen and oxygen atoms in total. The van der Waals surface area contributed by atoms with E-state index in [0.29, 0.717) is 13.1 Å². The van der Waals surface area contributed by atoms with Crippen molar-refractivity contribution in [3.8, 4) is 0 Å². The summed E-state index contributed by atoms with van der Waals surface area (Å²) >= 11 is 0. The second-order valence-electron chi connectivity index (χ2n) is 4.08. The monoisotopic (exact) mass is 292 g/mol. The second kappa shape index (κ2) is 6.44. The lowest BCUT2D eigenvalue weighted by molar-refractivity contribution is 0.584. The van der Waals surface area contributed by atoms with Gasteiger partial charge in [-0.15, -0.1) is 0 Å². The highest BCUT2D eigenvalue weighted by Crippen LogP contribution is 2.14. The van der Waals surface area contributed by atoms with Crippen molar-refractivity contribution in [3.05, 3.63) is 48.5 Å². The molecule has 2 rings (SSSR count). The molecule has 7 heteroatoms. The molecule has 0 atom stereocenters. The van der Waals surface area contributed by atoms with E-state index in [2.05, 4.69) is 20.0 Å². The molecule has 2 aromatic rings. The molecule has 0 aliphatic rings. The predicted octanol–water partition coefficient (Wildman–Crippen LogP) is 1.39. The van der Waals surface area contributed by atoms with E-state index < -0.39 is 10.0 Å². The summed E-state index contributed by atoms with van der Waals surface area (Å²) in [5, 5.41) is 3.15. The van der Waals surface area contributed by atoms with Gasteiger partial charge in [0.05, 0.1) is 23.3 Å². The van der Waals surface area contributed by atoms with E-state index in [1.165, 1.54) is 0 Å². The Morgan fingerprint density at radius 2 is 1.90 bits per heavy atom. The van der Waals surface area contributed by atoms with Gasteiger partial charge in [-0.25, -0.2) is 13.1 Å². The summed E-state index contributed by atoms with van der Waals surface area (Å²) < 4.78 is 26.0. The molecule has 2 N–H and O–H groups in total. The van der Waals surface area contributed by atoms with E-state index in [1.807, 2.05) is 0 Å². The fraction of sp³-hybridized carbons (Fsp3) is 0.231. The molecule has 1 aromatic carbocycles. The lowest BCUT2D eigenvalue weighted by Gasteiger charge is -2.08. The molecule has 106 valence electrons. The van der Waals surface area contributed by atoms with Crippen molar-refractivity contribution in [2.75, 3.05) is 11.9 Å². The summed E-state index contributed by atoms with van der Waals surface area (Å²) in [5.41, 5.74) is 1.64. The third-order valence-electron chi connectivity index (χ3n) is 2.59. The van der Waals surface area contributed by atoms with Crippen LogP contribution in [0.3, 0.4) is 0 Å². The van der Waals surface area contributed by atoms with Crippen LogP contribution in [0.2, 0.25) is 0 Å². The average molecular weight is 292 g/mol. The Morgan fingerprint density at radius 1 is 1.15 bits per heavy atom. The highest BCUT2D eigenvalue weighted by Gasteiger charge is 2.11. The zero-order chi connectivity index (χ0) is 14.4. The van der Waals surface area contributed by atoms with Gasteiger partial charge in [-0.1, -0.05) is 6.92 Å². The summed E-state index contributed by atoms with van der Waals surface area (Å²) in [6.45, 7) is 2.65. The number of aromatic nitrogens is 2. The normalized spacial score (nSPS) is 11.2. The van der Waals surface area contributed by atoms with Crippen LogP contribution in [0, 0.1) is 0 Å². The first-order valence-electron chi connectivity index (χ1n) is 6.20. The van der Waals surface area contributed by atoms with E-state index in [9.17, 15) is 8.42 Å². The topological polar surface area (TPSA) is 84.0 Å². The Hall–Kier alpha value is -1.99. The molecule has 0 aliphatic carbocycles. The van der Waals surface area contributed by atoms with E-state index in [1.54, 1.807) is 49.8 Å². The summed E-state index contributed by atoms with van der Waals surface area (Å²) in [4.78, 5) is 8.37. The zero-order valence-corrected chi connectivity index (χ0v) is 11.9. The third-order valence-corrected chi connectivity index (χ3v) is 4.15. The van der Waals surface area contributed by atoms with Crippen LogP contribution in [-0.4, -0.2) is 24.9 Å². The maximum atomic E-state index is 11.8. The van der Waals surface area contributed by atoms with Gasteiger partial charge in [0.25, 0.3) is 0 Å². The molecule has 0 unspecified atom stereocenters. The predicted molar refractivity (Wildman–Crippen MR) is 76.7 cm³/mol. The SMILES string of the molecule is CCNS(=O)(=O)c1ccc(NCc2cnccn2)cc1. The Bertz CT molecular complexity index is 642. The van der Waals surface area contributed by atoms with Gasteiger partial charge in [-0.3, -0.25) is 9.97 Å². The van der Waals surface area contributed by atoms with Gasteiger partial charge in [0.15, 0.2) is 0 Å². The van der Waals surface area contributed by atoms with Crippen molar-refractivity contribution in [1.29, 1.82) is 0 Å². The van der Waals surface area contributed by atoms with Gasteiger partial charge in [0.1, 0.15) is 0 Å². The number of hydrogen-bond acceptors (Lipinski definition) is 5. The van der Waals surface area contributed by atoms with Crippen molar-refractivity contribution in [3.63, 3.8) is 0 Å². The number of nitrogens with zero attached hydrogens (tertiary/aromatic N) is 2. The highest BCUT2D eigenvalue weighted by atomic mass is 32.2. The first-order valence-corrected chi connectivity index (χ1v) is 7.68. The number of anilines is 1. The molecule has 0 saturated heterocycles. The Labute approximate surface area is 118 Å². The van der Waals surface area contributed by atoms with Gasteiger partial charge in [-0.2, -0.15) is 0 Å². The second-order valence-corrected chi connectivity index (χ2v) is 5.84. The van der Waals surface area contributed by atoms with Crippen molar-refractivity contribution in [2.45, 2.75) is 18.4 Å². The van der Waals surface area contributed by atoms with Crippen molar-refractivity contribution >= 4 is 15.7 Å². The largest absolute Gasteiger partial charge is 0.379 e. The van der Waals surface area contributed by atoms with Crippen molar-refractivity contribution in [1.82, 2.24) is 14.7 Å². The Balaban J connectivity index is 2.02. The smallest absolute Gasteiger partial charge is 0.240 e. The zero-order valence-electron chi connectivity index (χ0n) is 11.1. The molecule has 0 fully saturated rings. The number of hydrogen-bond donors (Lipinski definition) is 2. The Morgan fingerprint density at radius 3 is 2.50 bits per heavy atom. The molecular formula is C13H16N4O2S. The molecule has 0 radical (unpaired) electrons. The molecule has 0 aliphatic heterocycles. The molecule has 1 heterocycles. The summed E-state index contributed by atoms with van der Waals surface area (Å²) in [7, 11) is -3.39. The number of nitrogens with one attached hydrogen (secondary N) is 2. The van der Waals surface area contributed by atoms with Crippen LogP contribution in [0.15, 0.2) is 47.8 Å². The Kier molecular flexibility index (Phi) is 4.65. The summed E-state index contributed by atoms with van der Waals surface area (Å²) in [6.07, 6.45) is 4.92. The summed E-state index contributed by atoms with van der Waals surface area (Å²) in [6, 6.07) is 6.58. The van der Waals surface area contributed by atoms with E-state index in [0.717, 1.165) is 11.4 Å². The maximum Gasteiger partial charge on any atom is 0.240 e. The molecule has 0 amide bonds. The van der Waals surface area contributed by atoms with Gasteiger partial charge in [0, 0.05) is 24.6 Å². The first kappa shape index (κ1) is 14.4. The number of rotatable bonds is 6.